The number of hydrogen-bond donors (Lipinski definition) is 6. The van der Waals surface area contributed by atoms with Gasteiger partial charge >= 0.3 is 0 Å². The van der Waals surface area contributed by atoms with Crippen LogP contribution in [0.25, 0.3) is 0 Å². The van der Waals surface area contributed by atoms with Gasteiger partial charge in [-0.2, -0.15) is 0 Å². The van der Waals surface area contributed by atoms with Gasteiger partial charge in [0, 0.05) is 13.5 Å². The van der Waals surface area contributed by atoms with Crippen LogP contribution in [0.1, 0.15) is 52.9 Å². The third-order valence-electron chi connectivity index (χ3n) is 4.93. The zero-order valence-corrected chi connectivity index (χ0v) is 17.3. The number of carbonyl (C=O) groups is 4. The molecule has 0 bridgehead atoms. The highest BCUT2D eigenvalue weighted by atomic mass is 16.2. The predicted octanol–water partition coefficient (Wildman–Crippen LogP) is -1.79. The number of nitrogens with zero attached hydrogens (tertiary/aromatic N) is 1. The Bertz CT molecular complexity index is 655. The first-order valence-electron chi connectivity index (χ1n) is 9.73. The van der Waals surface area contributed by atoms with E-state index in [1.807, 2.05) is 0 Å². The van der Waals surface area contributed by atoms with E-state index in [1.54, 1.807) is 13.8 Å². The Kier molecular flexibility index (Phi) is 8.86. The van der Waals surface area contributed by atoms with Crippen molar-refractivity contribution in [3.63, 3.8) is 0 Å². The Labute approximate surface area is 170 Å². The molecule has 0 unspecified atom stereocenters. The van der Waals surface area contributed by atoms with Crippen molar-refractivity contribution in [1.82, 2.24) is 16.0 Å². The van der Waals surface area contributed by atoms with Gasteiger partial charge in [0.25, 0.3) is 0 Å². The van der Waals surface area contributed by atoms with Gasteiger partial charge in [-0.05, 0) is 38.0 Å². The van der Waals surface area contributed by atoms with Crippen LogP contribution in [-0.4, -0.2) is 53.8 Å². The summed E-state index contributed by atoms with van der Waals surface area (Å²) in [6.45, 7) is 5.16. The lowest BCUT2D eigenvalue weighted by atomic mass is 9.76. The van der Waals surface area contributed by atoms with E-state index in [2.05, 4.69) is 20.9 Å². The molecule has 29 heavy (non-hydrogen) atoms. The molecule has 0 spiro atoms. The van der Waals surface area contributed by atoms with E-state index in [-0.39, 0.29) is 30.8 Å². The standard InChI is InChI=1S/C18H33N7O4/c1-10(2)13(23-11(3)26)15(28)24-12(6-4-9-22-17(20)21)14(27)25-18(16(19)29)7-5-8-18/h10,12-13H,4-9H2,1-3H3,(H2,19,29)(H,23,26)(H,24,28)(H,25,27)(H4,20,21,22)/t12-,13-/m0/s1. The van der Waals surface area contributed by atoms with E-state index in [0.29, 0.717) is 19.3 Å². The molecule has 4 amide bonds. The first kappa shape index (κ1) is 24.2. The third kappa shape index (κ3) is 7.24. The van der Waals surface area contributed by atoms with Crippen molar-refractivity contribution in [3.8, 4) is 0 Å². The molecule has 1 aliphatic carbocycles. The molecule has 0 aromatic carbocycles. The van der Waals surface area contributed by atoms with Crippen molar-refractivity contribution in [3.05, 3.63) is 0 Å². The number of carbonyl (C=O) groups excluding carboxylic acids is 4. The van der Waals surface area contributed by atoms with Gasteiger partial charge in [-0.3, -0.25) is 24.2 Å². The number of hydrogen-bond acceptors (Lipinski definition) is 5. The molecule has 2 atom stereocenters. The summed E-state index contributed by atoms with van der Waals surface area (Å²) in [5, 5.41) is 7.95. The highest BCUT2D eigenvalue weighted by Crippen LogP contribution is 2.31. The largest absolute Gasteiger partial charge is 0.370 e. The highest BCUT2D eigenvalue weighted by molar-refractivity contribution is 5.95. The van der Waals surface area contributed by atoms with Gasteiger partial charge in [0.1, 0.15) is 17.6 Å². The fraction of sp³-hybridized carbons (Fsp3) is 0.722. The van der Waals surface area contributed by atoms with Crippen molar-refractivity contribution < 1.29 is 19.2 Å². The maximum Gasteiger partial charge on any atom is 0.243 e. The average molecular weight is 412 g/mol. The molecule has 0 aromatic rings. The summed E-state index contributed by atoms with van der Waals surface area (Å²) in [6, 6.07) is -1.72. The second kappa shape index (κ2) is 10.6. The van der Waals surface area contributed by atoms with Crippen molar-refractivity contribution in [2.45, 2.75) is 70.5 Å². The predicted molar refractivity (Wildman–Crippen MR) is 108 cm³/mol. The molecule has 0 aliphatic heterocycles. The van der Waals surface area contributed by atoms with E-state index in [0.717, 1.165) is 6.42 Å². The minimum Gasteiger partial charge on any atom is -0.370 e. The molecule has 9 N–H and O–H groups in total. The van der Waals surface area contributed by atoms with Gasteiger partial charge in [-0.1, -0.05) is 13.8 Å². The summed E-state index contributed by atoms with van der Waals surface area (Å²) in [4.78, 5) is 52.6. The number of rotatable bonds is 11. The first-order chi connectivity index (χ1) is 13.5. The van der Waals surface area contributed by atoms with Crippen LogP contribution in [0, 0.1) is 5.92 Å². The van der Waals surface area contributed by atoms with Crippen LogP contribution in [0.2, 0.25) is 0 Å². The summed E-state index contributed by atoms with van der Waals surface area (Å²) in [7, 11) is 0. The van der Waals surface area contributed by atoms with Gasteiger partial charge in [0.05, 0.1) is 0 Å². The lowest BCUT2D eigenvalue weighted by Crippen LogP contribution is -2.65. The Morgan fingerprint density at radius 3 is 2.07 bits per heavy atom. The Morgan fingerprint density at radius 1 is 1.03 bits per heavy atom. The minimum absolute atomic E-state index is 0.0669. The second-order valence-electron chi connectivity index (χ2n) is 7.72. The molecule has 164 valence electrons. The maximum atomic E-state index is 12.8. The monoisotopic (exact) mass is 411 g/mol. The number of primary amides is 1. The fourth-order valence-corrected chi connectivity index (χ4v) is 3.07. The number of amides is 4. The van der Waals surface area contributed by atoms with Gasteiger partial charge in [0.15, 0.2) is 5.96 Å². The van der Waals surface area contributed by atoms with Gasteiger partial charge in [-0.15, -0.1) is 0 Å². The van der Waals surface area contributed by atoms with Gasteiger partial charge in [0.2, 0.25) is 23.6 Å². The van der Waals surface area contributed by atoms with E-state index in [4.69, 9.17) is 17.2 Å². The Hall–Kier alpha value is -2.85. The number of guanidine groups is 1. The Balaban J connectivity index is 2.89. The lowest BCUT2D eigenvalue weighted by molar-refractivity contribution is -0.137. The quantitative estimate of drug-likeness (QED) is 0.132. The van der Waals surface area contributed by atoms with Crippen LogP contribution < -0.4 is 33.2 Å². The molecule has 1 aliphatic rings. The summed E-state index contributed by atoms with van der Waals surface area (Å²) < 4.78 is 0. The molecule has 0 radical (unpaired) electrons. The summed E-state index contributed by atoms with van der Waals surface area (Å²) >= 11 is 0. The molecule has 11 nitrogen and oxygen atoms in total. The maximum absolute atomic E-state index is 12.8. The van der Waals surface area contributed by atoms with Crippen molar-refractivity contribution in [1.29, 1.82) is 0 Å². The van der Waals surface area contributed by atoms with E-state index >= 15 is 0 Å². The SMILES string of the molecule is CC(=O)N[C@H](C(=O)N[C@@H](CCCN=C(N)N)C(=O)NC1(C(N)=O)CCC1)C(C)C. The molecule has 1 saturated carbocycles. The molecule has 0 heterocycles. The van der Waals surface area contributed by atoms with Gasteiger partial charge in [-0.25, -0.2) is 0 Å². The minimum atomic E-state index is -1.07. The smallest absolute Gasteiger partial charge is 0.243 e. The van der Waals surface area contributed by atoms with Crippen molar-refractivity contribution in [2.24, 2.45) is 28.1 Å². The number of nitrogens with two attached hydrogens (primary N) is 3. The fourth-order valence-electron chi connectivity index (χ4n) is 3.07. The normalized spacial score (nSPS) is 16.7. The third-order valence-corrected chi connectivity index (χ3v) is 4.93. The molecule has 0 saturated heterocycles. The van der Waals surface area contributed by atoms with Crippen LogP contribution >= 0.6 is 0 Å². The Morgan fingerprint density at radius 2 is 1.66 bits per heavy atom. The molecule has 11 heteroatoms. The zero-order chi connectivity index (χ0) is 22.2. The van der Waals surface area contributed by atoms with Gasteiger partial charge < -0.3 is 33.2 Å². The average Bonchev–Trinajstić information content (AvgIpc) is 2.57. The molecule has 1 rings (SSSR count). The second-order valence-corrected chi connectivity index (χ2v) is 7.72. The van der Waals surface area contributed by atoms with E-state index in [9.17, 15) is 19.2 Å². The van der Waals surface area contributed by atoms with Crippen LogP contribution in [-0.2, 0) is 19.2 Å². The summed E-state index contributed by atoms with van der Waals surface area (Å²) in [5.74, 6) is -2.20. The lowest BCUT2D eigenvalue weighted by Gasteiger charge is -2.40. The van der Waals surface area contributed by atoms with Crippen LogP contribution in [0.15, 0.2) is 4.99 Å². The highest BCUT2D eigenvalue weighted by Gasteiger charge is 2.45. The molecule has 1 fully saturated rings. The van der Waals surface area contributed by atoms with Crippen molar-refractivity contribution >= 4 is 29.6 Å². The molecule has 0 aromatic heterocycles. The zero-order valence-electron chi connectivity index (χ0n) is 17.3. The number of nitrogens with one attached hydrogen (secondary N) is 3. The first-order valence-corrected chi connectivity index (χ1v) is 9.73. The van der Waals surface area contributed by atoms with E-state index < -0.39 is 35.3 Å². The van der Waals surface area contributed by atoms with Crippen LogP contribution in [0.4, 0.5) is 0 Å². The molecular weight excluding hydrogens is 378 g/mol. The summed E-state index contributed by atoms with van der Waals surface area (Å²) in [6.07, 6.45) is 2.37. The summed E-state index contributed by atoms with van der Waals surface area (Å²) in [5.41, 5.74) is 15.0. The number of aliphatic imine (C=N–C) groups is 1. The van der Waals surface area contributed by atoms with Crippen molar-refractivity contribution in [2.75, 3.05) is 6.54 Å². The van der Waals surface area contributed by atoms with Crippen LogP contribution in [0.3, 0.4) is 0 Å². The van der Waals surface area contributed by atoms with E-state index in [1.165, 1.54) is 6.92 Å². The molecular formula is C18H33N7O4. The topological polar surface area (TPSA) is 195 Å². The van der Waals surface area contributed by atoms with Crippen LogP contribution in [0.5, 0.6) is 0 Å².